The van der Waals surface area contributed by atoms with Gasteiger partial charge in [0.25, 0.3) is 0 Å². The highest BCUT2D eigenvalue weighted by atomic mass is 35.5. The fourth-order valence-corrected chi connectivity index (χ4v) is 1.81. The summed E-state index contributed by atoms with van der Waals surface area (Å²) >= 11 is 12.0. The molecule has 0 saturated carbocycles. The van der Waals surface area contributed by atoms with Gasteiger partial charge in [-0.3, -0.25) is 4.68 Å². The molecule has 5 heteroatoms. The van der Waals surface area contributed by atoms with Crippen molar-refractivity contribution in [3.8, 4) is 0 Å². The first kappa shape index (κ1) is 11.3. The fourth-order valence-electron chi connectivity index (χ4n) is 1.42. The van der Waals surface area contributed by atoms with Crippen LogP contribution in [0.2, 0.25) is 10.0 Å². The Morgan fingerprint density at radius 2 is 2.12 bits per heavy atom. The fraction of sp³-hybridized carbons (Fsp3) is 0.182. The van der Waals surface area contributed by atoms with Gasteiger partial charge in [-0.2, -0.15) is 5.10 Å². The lowest BCUT2D eigenvalue weighted by molar-refractivity contribution is 0.769. The summed E-state index contributed by atoms with van der Waals surface area (Å²) in [6, 6.07) is 7.50. The van der Waals surface area contributed by atoms with Crippen LogP contribution in [0.5, 0.6) is 0 Å². The highest BCUT2D eigenvalue weighted by Gasteiger charge is 2.04. The summed E-state index contributed by atoms with van der Waals surface area (Å²) in [5, 5.41) is 8.47. The molecule has 0 aliphatic carbocycles. The lowest BCUT2D eigenvalue weighted by Crippen LogP contribution is -2.04. The molecule has 1 heterocycles. The van der Waals surface area contributed by atoms with E-state index in [0.29, 0.717) is 16.6 Å². The molecule has 0 bridgehead atoms. The summed E-state index contributed by atoms with van der Waals surface area (Å²) in [7, 11) is 1.88. The lowest BCUT2D eigenvalue weighted by atomic mass is 10.2. The molecule has 84 valence electrons. The van der Waals surface area contributed by atoms with Crippen molar-refractivity contribution in [3.63, 3.8) is 0 Å². The van der Waals surface area contributed by atoms with Crippen LogP contribution in [0.1, 0.15) is 5.56 Å². The van der Waals surface area contributed by atoms with E-state index in [-0.39, 0.29) is 0 Å². The zero-order chi connectivity index (χ0) is 11.5. The number of rotatable bonds is 3. The maximum absolute atomic E-state index is 6.08. The SMILES string of the molecule is Cn1nccc1NCc1cccc(Cl)c1Cl. The minimum atomic E-state index is 0.575. The average Bonchev–Trinajstić information content (AvgIpc) is 2.67. The molecular weight excluding hydrogens is 245 g/mol. The third-order valence-electron chi connectivity index (χ3n) is 2.31. The predicted octanol–water partition coefficient (Wildman–Crippen LogP) is 3.34. The Morgan fingerprint density at radius 3 is 2.81 bits per heavy atom. The number of benzene rings is 1. The first-order valence-corrected chi connectivity index (χ1v) is 5.59. The average molecular weight is 256 g/mol. The van der Waals surface area contributed by atoms with Crippen LogP contribution < -0.4 is 5.32 Å². The minimum Gasteiger partial charge on any atom is -0.366 e. The van der Waals surface area contributed by atoms with E-state index in [1.807, 2.05) is 25.2 Å². The first-order chi connectivity index (χ1) is 7.68. The Morgan fingerprint density at radius 1 is 1.31 bits per heavy atom. The van der Waals surface area contributed by atoms with Gasteiger partial charge in [0.1, 0.15) is 5.82 Å². The molecule has 0 fully saturated rings. The van der Waals surface area contributed by atoms with Gasteiger partial charge < -0.3 is 5.32 Å². The van der Waals surface area contributed by atoms with Gasteiger partial charge in [0.15, 0.2) is 0 Å². The van der Waals surface area contributed by atoms with E-state index in [0.717, 1.165) is 11.4 Å². The van der Waals surface area contributed by atoms with Crippen LogP contribution in [0.15, 0.2) is 30.5 Å². The molecule has 1 aromatic carbocycles. The topological polar surface area (TPSA) is 29.9 Å². The highest BCUT2D eigenvalue weighted by molar-refractivity contribution is 6.42. The van der Waals surface area contributed by atoms with Crippen LogP contribution in [-0.2, 0) is 13.6 Å². The van der Waals surface area contributed by atoms with Crippen molar-refractivity contribution in [2.75, 3.05) is 5.32 Å². The number of nitrogens with one attached hydrogen (secondary N) is 1. The van der Waals surface area contributed by atoms with Gasteiger partial charge in [0, 0.05) is 19.7 Å². The van der Waals surface area contributed by atoms with E-state index in [4.69, 9.17) is 23.2 Å². The number of nitrogens with zero attached hydrogens (tertiary/aromatic N) is 2. The quantitative estimate of drug-likeness (QED) is 0.912. The second-order valence-electron chi connectivity index (χ2n) is 3.41. The molecule has 0 unspecified atom stereocenters. The van der Waals surface area contributed by atoms with Crippen LogP contribution in [0.3, 0.4) is 0 Å². The molecule has 0 radical (unpaired) electrons. The van der Waals surface area contributed by atoms with Crippen molar-refractivity contribution in [2.24, 2.45) is 7.05 Å². The van der Waals surface area contributed by atoms with Gasteiger partial charge in [-0.05, 0) is 11.6 Å². The molecule has 0 aliphatic rings. The molecule has 16 heavy (non-hydrogen) atoms. The zero-order valence-electron chi connectivity index (χ0n) is 8.74. The van der Waals surface area contributed by atoms with Crippen molar-refractivity contribution in [2.45, 2.75) is 6.54 Å². The molecule has 1 N–H and O–H groups in total. The number of aromatic nitrogens is 2. The van der Waals surface area contributed by atoms with Crippen molar-refractivity contribution >= 4 is 29.0 Å². The number of anilines is 1. The van der Waals surface area contributed by atoms with Gasteiger partial charge in [0.2, 0.25) is 0 Å². The Kier molecular flexibility index (Phi) is 3.36. The van der Waals surface area contributed by atoms with E-state index < -0.39 is 0 Å². The lowest BCUT2D eigenvalue weighted by Gasteiger charge is -2.08. The molecule has 0 atom stereocenters. The van der Waals surface area contributed by atoms with E-state index in [1.165, 1.54) is 0 Å². The highest BCUT2D eigenvalue weighted by Crippen LogP contribution is 2.25. The number of hydrogen-bond donors (Lipinski definition) is 1. The Bertz CT molecular complexity index is 494. The minimum absolute atomic E-state index is 0.575. The summed E-state index contributed by atoms with van der Waals surface area (Å²) in [6.45, 7) is 0.624. The molecule has 1 aromatic heterocycles. The van der Waals surface area contributed by atoms with Crippen molar-refractivity contribution in [1.82, 2.24) is 9.78 Å². The smallest absolute Gasteiger partial charge is 0.124 e. The second kappa shape index (κ2) is 4.76. The molecule has 0 saturated heterocycles. The molecule has 0 spiro atoms. The van der Waals surface area contributed by atoms with Crippen molar-refractivity contribution < 1.29 is 0 Å². The predicted molar refractivity (Wildman–Crippen MR) is 67.0 cm³/mol. The number of hydrogen-bond acceptors (Lipinski definition) is 2. The van der Waals surface area contributed by atoms with Gasteiger partial charge in [0.05, 0.1) is 16.2 Å². The summed E-state index contributed by atoms with van der Waals surface area (Å²) in [4.78, 5) is 0. The first-order valence-electron chi connectivity index (χ1n) is 4.83. The standard InChI is InChI=1S/C11H11Cl2N3/c1-16-10(5-6-15-16)14-7-8-3-2-4-9(12)11(8)13/h2-6,14H,7H2,1H3. The van der Waals surface area contributed by atoms with Crippen LogP contribution in [0.25, 0.3) is 0 Å². The Labute approximate surface area is 104 Å². The second-order valence-corrected chi connectivity index (χ2v) is 4.19. The van der Waals surface area contributed by atoms with Gasteiger partial charge >= 0.3 is 0 Å². The summed E-state index contributed by atoms with van der Waals surface area (Å²) in [5.41, 5.74) is 0.968. The normalized spacial score (nSPS) is 10.4. The Balaban J connectivity index is 2.11. The van der Waals surface area contributed by atoms with Crippen LogP contribution >= 0.6 is 23.2 Å². The van der Waals surface area contributed by atoms with Gasteiger partial charge in [-0.15, -0.1) is 0 Å². The summed E-state index contributed by atoms with van der Waals surface area (Å²) in [6.07, 6.45) is 1.74. The largest absolute Gasteiger partial charge is 0.366 e. The molecular formula is C11H11Cl2N3. The molecule has 3 nitrogen and oxygen atoms in total. The summed E-state index contributed by atoms with van der Waals surface area (Å²) < 4.78 is 1.76. The van der Waals surface area contributed by atoms with Crippen LogP contribution in [0, 0.1) is 0 Å². The maximum atomic E-state index is 6.08. The molecule has 2 aromatic rings. The monoisotopic (exact) mass is 255 g/mol. The van der Waals surface area contributed by atoms with Gasteiger partial charge in [-0.1, -0.05) is 35.3 Å². The number of halogens is 2. The molecule has 2 rings (SSSR count). The molecule has 0 amide bonds. The van der Waals surface area contributed by atoms with Crippen molar-refractivity contribution in [3.05, 3.63) is 46.1 Å². The Hall–Kier alpha value is -1.19. The third-order valence-corrected chi connectivity index (χ3v) is 3.17. The van der Waals surface area contributed by atoms with E-state index in [2.05, 4.69) is 10.4 Å². The zero-order valence-corrected chi connectivity index (χ0v) is 10.3. The maximum Gasteiger partial charge on any atom is 0.124 e. The van der Waals surface area contributed by atoms with E-state index in [1.54, 1.807) is 16.9 Å². The summed E-state index contributed by atoms with van der Waals surface area (Å²) in [5.74, 6) is 0.941. The molecule has 0 aliphatic heterocycles. The van der Waals surface area contributed by atoms with E-state index >= 15 is 0 Å². The third kappa shape index (κ3) is 2.31. The van der Waals surface area contributed by atoms with Crippen molar-refractivity contribution in [1.29, 1.82) is 0 Å². The van der Waals surface area contributed by atoms with E-state index in [9.17, 15) is 0 Å². The van der Waals surface area contributed by atoms with Crippen LogP contribution in [-0.4, -0.2) is 9.78 Å². The van der Waals surface area contributed by atoms with Crippen LogP contribution in [0.4, 0.5) is 5.82 Å². The van der Waals surface area contributed by atoms with Gasteiger partial charge in [-0.25, -0.2) is 0 Å². The number of aryl methyl sites for hydroxylation is 1.